The Morgan fingerprint density at radius 1 is 1.32 bits per heavy atom. The number of methoxy groups -OCH3 is 1. The molecule has 0 unspecified atom stereocenters. The Hall–Kier alpha value is -2.76. The summed E-state index contributed by atoms with van der Waals surface area (Å²) in [7, 11) is 1.70. The van der Waals surface area contributed by atoms with E-state index >= 15 is 0 Å². The molecule has 1 aromatic carbocycles. The zero-order valence-electron chi connectivity index (χ0n) is 17.1. The van der Waals surface area contributed by atoms with Gasteiger partial charge in [0.05, 0.1) is 30.9 Å². The summed E-state index contributed by atoms with van der Waals surface area (Å²) in [5.74, 6) is 2.34. The maximum atomic E-state index is 5.65. The van der Waals surface area contributed by atoms with E-state index in [0.717, 1.165) is 47.9 Å². The SMILES string of the molecule is COc1cc(/C=C2\CCCN3C2=NOC[C@@H]3C(C)C)ccc1-n1cnc(C)c1. The number of oxime groups is 1. The van der Waals surface area contributed by atoms with Crippen LogP contribution in [-0.4, -0.2) is 46.6 Å². The molecule has 0 spiro atoms. The van der Waals surface area contributed by atoms with Gasteiger partial charge in [0, 0.05) is 12.7 Å². The van der Waals surface area contributed by atoms with Crippen molar-refractivity contribution in [3.8, 4) is 11.4 Å². The number of benzene rings is 1. The van der Waals surface area contributed by atoms with Crippen molar-refractivity contribution in [1.82, 2.24) is 14.5 Å². The average molecular weight is 380 g/mol. The summed E-state index contributed by atoms with van der Waals surface area (Å²) in [4.78, 5) is 12.3. The van der Waals surface area contributed by atoms with Gasteiger partial charge in [-0.2, -0.15) is 0 Å². The summed E-state index contributed by atoms with van der Waals surface area (Å²) in [6.07, 6.45) is 8.16. The Kier molecular flexibility index (Phi) is 5.11. The van der Waals surface area contributed by atoms with E-state index in [-0.39, 0.29) is 0 Å². The van der Waals surface area contributed by atoms with E-state index < -0.39 is 0 Å². The lowest BCUT2D eigenvalue weighted by molar-refractivity contribution is 0.0396. The first kappa shape index (κ1) is 18.6. The molecule has 0 N–H and O–H groups in total. The number of piperidine rings is 1. The van der Waals surface area contributed by atoms with Gasteiger partial charge >= 0.3 is 0 Å². The second-order valence-corrected chi connectivity index (χ2v) is 7.84. The van der Waals surface area contributed by atoms with E-state index in [1.165, 1.54) is 5.57 Å². The van der Waals surface area contributed by atoms with Gasteiger partial charge in [0.15, 0.2) is 5.84 Å². The zero-order chi connectivity index (χ0) is 19.7. The number of amidine groups is 1. The first-order valence-corrected chi connectivity index (χ1v) is 9.93. The lowest BCUT2D eigenvalue weighted by atomic mass is 9.95. The molecule has 0 radical (unpaired) electrons. The van der Waals surface area contributed by atoms with Gasteiger partial charge < -0.3 is 19.0 Å². The van der Waals surface area contributed by atoms with Crippen LogP contribution in [0.5, 0.6) is 5.75 Å². The fraction of sp³-hybridized carbons (Fsp3) is 0.455. The third-order valence-corrected chi connectivity index (χ3v) is 5.51. The van der Waals surface area contributed by atoms with Crippen LogP contribution in [0, 0.1) is 12.8 Å². The van der Waals surface area contributed by atoms with E-state index in [1.807, 2.05) is 24.0 Å². The highest BCUT2D eigenvalue weighted by Crippen LogP contribution is 2.30. The van der Waals surface area contributed by atoms with Crippen LogP contribution in [0.25, 0.3) is 11.8 Å². The highest BCUT2D eigenvalue weighted by Gasteiger charge is 2.33. The van der Waals surface area contributed by atoms with Crippen molar-refractivity contribution in [3.63, 3.8) is 0 Å². The molecule has 2 aliphatic heterocycles. The number of fused-ring (bicyclic) bond motifs is 1. The van der Waals surface area contributed by atoms with E-state index in [1.54, 1.807) is 7.11 Å². The minimum Gasteiger partial charge on any atom is -0.495 e. The summed E-state index contributed by atoms with van der Waals surface area (Å²) in [5, 5.41) is 4.40. The van der Waals surface area contributed by atoms with E-state index in [0.29, 0.717) is 18.6 Å². The molecule has 4 rings (SSSR count). The van der Waals surface area contributed by atoms with Crippen molar-refractivity contribution in [2.24, 2.45) is 11.1 Å². The number of imidazole rings is 1. The van der Waals surface area contributed by atoms with Crippen LogP contribution in [0.15, 0.2) is 41.5 Å². The van der Waals surface area contributed by atoms with Crippen LogP contribution >= 0.6 is 0 Å². The smallest absolute Gasteiger partial charge is 0.171 e. The lowest BCUT2D eigenvalue weighted by Crippen LogP contribution is -2.51. The van der Waals surface area contributed by atoms with Crippen molar-refractivity contribution in [3.05, 3.63) is 47.6 Å². The Bertz CT molecular complexity index is 913. The van der Waals surface area contributed by atoms with E-state index in [2.05, 4.69) is 53.2 Å². The third kappa shape index (κ3) is 3.51. The third-order valence-electron chi connectivity index (χ3n) is 5.51. The van der Waals surface area contributed by atoms with Crippen molar-refractivity contribution in [1.29, 1.82) is 0 Å². The Morgan fingerprint density at radius 2 is 2.18 bits per heavy atom. The summed E-state index contributed by atoms with van der Waals surface area (Å²) in [6, 6.07) is 6.64. The second kappa shape index (κ2) is 7.70. The highest BCUT2D eigenvalue weighted by molar-refractivity contribution is 6.02. The van der Waals surface area contributed by atoms with Crippen molar-refractivity contribution in [2.45, 2.75) is 39.7 Å². The maximum absolute atomic E-state index is 5.65. The van der Waals surface area contributed by atoms with Crippen LogP contribution < -0.4 is 4.74 Å². The summed E-state index contributed by atoms with van der Waals surface area (Å²) in [6.45, 7) is 8.19. The Morgan fingerprint density at radius 3 is 2.89 bits per heavy atom. The highest BCUT2D eigenvalue weighted by atomic mass is 16.6. The lowest BCUT2D eigenvalue weighted by Gasteiger charge is -2.41. The molecule has 0 saturated carbocycles. The van der Waals surface area contributed by atoms with Crippen molar-refractivity contribution in [2.75, 3.05) is 20.3 Å². The van der Waals surface area contributed by atoms with E-state index in [9.17, 15) is 0 Å². The van der Waals surface area contributed by atoms with Gasteiger partial charge in [-0.25, -0.2) is 4.98 Å². The Balaban J connectivity index is 1.66. The number of aromatic nitrogens is 2. The predicted molar refractivity (Wildman–Crippen MR) is 111 cm³/mol. The number of hydrogen-bond acceptors (Lipinski definition) is 5. The minimum absolute atomic E-state index is 0.387. The maximum Gasteiger partial charge on any atom is 0.171 e. The first-order valence-electron chi connectivity index (χ1n) is 9.93. The molecule has 6 heteroatoms. The van der Waals surface area contributed by atoms with Gasteiger partial charge in [-0.05, 0) is 55.0 Å². The molecule has 1 atom stereocenters. The molecule has 1 fully saturated rings. The molecule has 0 amide bonds. The minimum atomic E-state index is 0.387. The Labute approximate surface area is 166 Å². The van der Waals surface area contributed by atoms with Gasteiger partial charge in [-0.3, -0.25) is 0 Å². The van der Waals surface area contributed by atoms with Gasteiger partial charge in [0.2, 0.25) is 0 Å². The molecule has 0 aliphatic carbocycles. The van der Waals surface area contributed by atoms with Gasteiger partial charge in [-0.1, -0.05) is 25.1 Å². The van der Waals surface area contributed by atoms with Gasteiger partial charge in [0.1, 0.15) is 12.4 Å². The fourth-order valence-electron chi connectivity index (χ4n) is 3.98. The normalized spacial score (nSPS) is 20.8. The quantitative estimate of drug-likeness (QED) is 0.803. The molecule has 3 heterocycles. The summed E-state index contributed by atoms with van der Waals surface area (Å²) < 4.78 is 7.64. The first-order chi connectivity index (χ1) is 13.6. The molecule has 0 bridgehead atoms. The van der Waals surface area contributed by atoms with Crippen molar-refractivity contribution < 1.29 is 9.57 Å². The number of aryl methyl sites for hydroxylation is 1. The molecule has 28 heavy (non-hydrogen) atoms. The second-order valence-electron chi connectivity index (χ2n) is 7.84. The number of nitrogens with zero attached hydrogens (tertiary/aromatic N) is 4. The fourth-order valence-corrected chi connectivity index (χ4v) is 3.98. The van der Waals surface area contributed by atoms with Crippen LogP contribution in [0.1, 0.15) is 37.9 Å². The van der Waals surface area contributed by atoms with Gasteiger partial charge in [-0.15, -0.1) is 0 Å². The van der Waals surface area contributed by atoms with Gasteiger partial charge in [0.25, 0.3) is 0 Å². The molecule has 148 valence electrons. The molecule has 1 saturated heterocycles. The van der Waals surface area contributed by atoms with Crippen LogP contribution in [0.4, 0.5) is 0 Å². The largest absolute Gasteiger partial charge is 0.495 e. The molecule has 6 nitrogen and oxygen atoms in total. The standard InChI is InChI=1S/C22H28N4O2/c1-15(2)20-13-28-24-22-18(6-5-9-26(20)22)10-17-7-8-19(21(11-17)27-4)25-12-16(3)23-14-25/h7-8,10-12,14-15,20H,5-6,9,13H2,1-4H3/b18-10+/t20-/m1/s1. The van der Waals surface area contributed by atoms with Crippen molar-refractivity contribution >= 4 is 11.9 Å². The van der Waals surface area contributed by atoms with Crippen LogP contribution in [0.3, 0.4) is 0 Å². The van der Waals surface area contributed by atoms with Crippen LogP contribution in [-0.2, 0) is 4.84 Å². The zero-order valence-corrected chi connectivity index (χ0v) is 17.1. The predicted octanol–water partition coefficient (Wildman–Crippen LogP) is 4.04. The average Bonchev–Trinajstić information content (AvgIpc) is 3.13. The molecular weight excluding hydrogens is 352 g/mol. The van der Waals surface area contributed by atoms with E-state index in [4.69, 9.17) is 9.57 Å². The number of ether oxygens (including phenoxy) is 1. The summed E-state index contributed by atoms with van der Waals surface area (Å²) in [5.41, 5.74) is 4.29. The molecule has 1 aromatic heterocycles. The monoisotopic (exact) mass is 380 g/mol. The number of hydrogen-bond donors (Lipinski definition) is 0. The summed E-state index contributed by atoms with van der Waals surface area (Å²) >= 11 is 0. The topological polar surface area (TPSA) is 51.9 Å². The number of rotatable bonds is 4. The molecule has 2 aromatic rings. The van der Waals surface area contributed by atoms with Crippen LogP contribution in [0.2, 0.25) is 0 Å². The molecule has 2 aliphatic rings. The molecular formula is C22H28N4O2.